The average Bonchev–Trinajstić information content (AvgIpc) is 2.09. The van der Waals surface area contributed by atoms with Crippen molar-refractivity contribution in [2.75, 3.05) is 6.61 Å². The van der Waals surface area contributed by atoms with Crippen molar-refractivity contribution in [2.24, 2.45) is 5.73 Å². The Hall–Kier alpha value is -1.22. The Labute approximate surface area is 90.9 Å². The van der Waals surface area contributed by atoms with Gasteiger partial charge in [-0.15, -0.1) is 0 Å². The van der Waals surface area contributed by atoms with Crippen molar-refractivity contribution >= 4 is 0 Å². The number of nitrogens with two attached hydrogens (primary N) is 1. The van der Waals surface area contributed by atoms with E-state index in [0.29, 0.717) is 12.4 Å². The van der Waals surface area contributed by atoms with Crippen LogP contribution < -0.4 is 10.5 Å². The van der Waals surface area contributed by atoms with Gasteiger partial charge in [0.15, 0.2) is 11.5 Å². The number of hydrogen-bond donors (Lipinski definition) is 2. The van der Waals surface area contributed by atoms with Gasteiger partial charge in [0.1, 0.15) is 0 Å². The summed E-state index contributed by atoms with van der Waals surface area (Å²) < 4.78 is 5.30. The number of aromatic hydroxyl groups is 1. The smallest absolute Gasteiger partial charge is 0.161 e. The molecular weight excluding hydrogens is 190 g/mol. The van der Waals surface area contributed by atoms with E-state index in [0.717, 1.165) is 12.0 Å². The summed E-state index contributed by atoms with van der Waals surface area (Å²) in [6.45, 7) is 6.38. The maximum absolute atomic E-state index is 9.51. The molecule has 1 rings (SSSR count). The molecule has 3 heteroatoms. The van der Waals surface area contributed by atoms with E-state index < -0.39 is 0 Å². The fourth-order valence-corrected chi connectivity index (χ4v) is 1.47. The zero-order chi connectivity index (χ0) is 11.5. The van der Waals surface area contributed by atoms with E-state index in [1.807, 2.05) is 32.9 Å². The maximum Gasteiger partial charge on any atom is 0.161 e. The molecule has 0 fully saturated rings. The third-order valence-corrected chi connectivity index (χ3v) is 1.98. The number of ether oxygens (including phenoxy) is 1. The Kier molecular flexibility index (Phi) is 3.58. The quantitative estimate of drug-likeness (QED) is 0.798. The average molecular weight is 209 g/mol. The molecular formula is C12H19NO2. The summed E-state index contributed by atoms with van der Waals surface area (Å²) >= 11 is 0. The van der Waals surface area contributed by atoms with E-state index in [9.17, 15) is 5.11 Å². The second kappa shape index (κ2) is 4.53. The topological polar surface area (TPSA) is 55.5 Å². The molecule has 0 radical (unpaired) electrons. The predicted molar refractivity (Wildman–Crippen MR) is 61.2 cm³/mol. The van der Waals surface area contributed by atoms with Crippen LogP contribution in [0.1, 0.15) is 26.3 Å². The lowest BCUT2D eigenvalue weighted by molar-refractivity contribution is 0.317. The number of phenolic OH excluding ortho intramolecular Hbond substituents is 1. The molecule has 0 saturated heterocycles. The van der Waals surface area contributed by atoms with Crippen molar-refractivity contribution in [1.29, 1.82) is 0 Å². The van der Waals surface area contributed by atoms with Gasteiger partial charge in [0.2, 0.25) is 0 Å². The van der Waals surface area contributed by atoms with Crippen molar-refractivity contribution in [1.82, 2.24) is 0 Å². The van der Waals surface area contributed by atoms with Gasteiger partial charge in [-0.3, -0.25) is 0 Å². The molecule has 0 atom stereocenters. The van der Waals surface area contributed by atoms with E-state index in [-0.39, 0.29) is 11.3 Å². The molecule has 0 aliphatic heterocycles. The molecule has 0 spiro atoms. The molecule has 1 aromatic carbocycles. The Morgan fingerprint density at radius 2 is 2.07 bits per heavy atom. The Balaban J connectivity index is 2.87. The van der Waals surface area contributed by atoms with Gasteiger partial charge in [-0.05, 0) is 44.9 Å². The highest BCUT2D eigenvalue weighted by molar-refractivity contribution is 5.42. The lowest BCUT2D eigenvalue weighted by atomic mass is 9.96. The zero-order valence-electron chi connectivity index (χ0n) is 9.58. The van der Waals surface area contributed by atoms with Gasteiger partial charge in [-0.2, -0.15) is 0 Å². The van der Waals surface area contributed by atoms with Crippen LogP contribution in [0, 0.1) is 0 Å². The standard InChI is InChI=1S/C12H19NO2/c1-4-15-11-7-9(5-6-10(11)14)8-12(2,3)13/h5-7,14H,4,8,13H2,1-3H3. The zero-order valence-corrected chi connectivity index (χ0v) is 9.58. The van der Waals surface area contributed by atoms with Crippen LogP contribution in [0.5, 0.6) is 11.5 Å². The minimum absolute atomic E-state index is 0.176. The highest BCUT2D eigenvalue weighted by Gasteiger charge is 2.13. The normalized spacial score (nSPS) is 11.5. The van der Waals surface area contributed by atoms with Gasteiger partial charge in [0.05, 0.1) is 6.61 Å². The molecule has 3 nitrogen and oxygen atoms in total. The summed E-state index contributed by atoms with van der Waals surface area (Å²) in [6.07, 6.45) is 0.757. The van der Waals surface area contributed by atoms with Crippen molar-refractivity contribution in [3.8, 4) is 11.5 Å². The summed E-state index contributed by atoms with van der Waals surface area (Å²) in [6, 6.07) is 5.35. The molecule has 0 aromatic heterocycles. The Morgan fingerprint density at radius 3 is 2.60 bits per heavy atom. The van der Waals surface area contributed by atoms with E-state index in [1.54, 1.807) is 6.07 Å². The first-order valence-corrected chi connectivity index (χ1v) is 5.16. The van der Waals surface area contributed by atoms with Gasteiger partial charge in [-0.1, -0.05) is 6.07 Å². The van der Waals surface area contributed by atoms with Gasteiger partial charge in [0, 0.05) is 5.54 Å². The van der Waals surface area contributed by atoms with Crippen LogP contribution in [0.4, 0.5) is 0 Å². The Morgan fingerprint density at radius 1 is 1.40 bits per heavy atom. The summed E-state index contributed by atoms with van der Waals surface area (Å²) in [4.78, 5) is 0. The molecule has 0 aliphatic carbocycles. The van der Waals surface area contributed by atoms with Crippen LogP contribution in [0.25, 0.3) is 0 Å². The van der Waals surface area contributed by atoms with Gasteiger partial charge in [-0.25, -0.2) is 0 Å². The lowest BCUT2D eigenvalue weighted by Gasteiger charge is -2.19. The first-order chi connectivity index (χ1) is 6.92. The van der Waals surface area contributed by atoms with E-state index in [4.69, 9.17) is 10.5 Å². The third kappa shape index (κ3) is 3.80. The van der Waals surface area contributed by atoms with Crippen LogP contribution in [0.2, 0.25) is 0 Å². The SMILES string of the molecule is CCOc1cc(CC(C)(C)N)ccc1O. The first kappa shape index (κ1) is 11.9. The monoisotopic (exact) mass is 209 g/mol. The number of hydrogen-bond acceptors (Lipinski definition) is 3. The minimum Gasteiger partial charge on any atom is -0.504 e. The van der Waals surface area contributed by atoms with Crippen molar-refractivity contribution in [2.45, 2.75) is 32.7 Å². The van der Waals surface area contributed by atoms with E-state index in [1.165, 1.54) is 0 Å². The van der Waals surface area contributed by atoms with Crippen molar-refractivity contribution in [3.63, 3.8) is 0 Å². The largest absolute Gasteiger partial charge is 0.504 e. The van der Waals surface area contributed by atoms with Gasteiger partial charge >= 0.3 is 0 Å². The molecule has 0 aliphatic rings. The molecule has 1 aromatic rings. The number of rotatable bonds is 4. The van der Waals surface area contributed by atoms with Crippen LogP contribution in [-0.4, -0.2) is 17.3 Å². The van der Waals surface area contributed by atoms with E-state index >= 15 is 0 Å². The summed E-state index contributed by atoms with van der Waals surface area (Å²) in [5.41, 5.74) is 6.75. The predicted octanol–water partition coefficient (Wildman–Crippen LogP) is 2.07. The van der Waals surface area contributed by atoms with Crippen LogP contribution in [0.3, 0.4) is 0 Å². The first-order valence-electron chi connectivity index (χ1n) is 5.16. The lowest BCUT2D eigenvalue weighted by Crippen LogP contribution is -2.34. The van der Waals surface area contributed by atoms with Gasteiger partial charge < -0.3 is 15.6 Å². The van der Waals surface area contributed by atoms with Crippen LogP contribution in [-0.2, 0) is 6.42 Å². The molecule has 0 unspecified atom stereocenters. The summed E-state index contributed by atoms with van der Waals surface area (Å²) in [5.74, 6) is 0.703. The minimum atomic E-state index is -0.250. The Bertz CT molecular complexity index is 329. The highest BCUT2D eigenvalue weighted by atomic mass is 16.5. The van der Waals surface area contributed by atoms with Crippen LogP contribution in [0.15, 0.2) is 18.2 Å². The van der Waals surface area contributed by atoms with Crippen molar-refractivity contribution in [3.05, 3.63) is 23.8 Å². The highest BCUT2D eigenvalue weighted by Crippen LogP contribution is 2.27. The van der Waals surface area contributed by atoms with Crippen LogP contribution >= 0.6 is 0 Å². The molecule has 0 bridgehead atoms. The maximum atomic E-state index is 9.51. The summed E-state index contributed by atoms with van der Waals surface area (Å²) in [7, 11) is 0. The molecule has 0 amide bonds. The fourth-order valence-electron chi connectivity index (χ4n) is 1.47. The molecule has 15 heavy (non-hydrogen) atoms. The molecule has 84 valence electrons. The van der Waals surface area contributed by atoms with Gasteiger partial charge in [0.25, 0.3) is 0 Å². The molecule has 3 N–H and O–H groups in total. The number of benzene rings is 1. The second-order valence-electron chi connectivity index (χ2n) is 4.40. The number of phenols is 1. The second-order valence-corrected chi connectivity index (χ2v) is 4.40. The third-order valence-electron chi connectivity index (χ3n) is 1.98. The van der Waals surface area contributed by atoms with Crippen molar-refractivity contribution < 1.29 is 9.84 Å². The summed E-state index contributed by atoms with van der Waals surface area (Å²) in [5, 5.41) is 9.51. The van der Waals surface area contributed by atoms with E-state index in [2.05, 4.69) is 0 Å². The fraction of sp³-hybridized carbons (Fsp3) is 0.500. The molecule has 0 heterocycles. The molecule has 0 saturated carbocycles.